The Morgan fingerprint density at radius 1 is 1.06 bits per heavy atom. The van der Waals surface area contributed by atoms with Crippen molar-refractivity contribution in [2.75, 3.05) is 0 Å². The average molecular weight is 228 g/mol. The lowest BCUT2D eigenvalue weighted by molar-refractivity contribution is 0.231. The van der Waals surface area contributed by atoms with Crippen molar-refractivity contribution in [3.8, 4) is 5.75 Å². The van der Waals surface area contributed by atoms with Gasteiger partial charge in [-0.2, -0.15) is 0 Å². The predicted molar refractivity (Wildman–Crippen MR) is 64.7 cm³/mol. The summed E-state index contributed by atoms with van der Waals surface area (Å²) in [6, 6.07) is 14.9. The van der Waals surface area contributed by atoms with Crippen molar-refractivity contribution in [3.63, 3.8) is 0 Å². The average Bonchev–Trinajstić information content (AvgIpc) is 2.74. The zero-order chi connectivity index (χ0) is 11.7. The van der Waals surface area contributed by atoms with Crippen LogP contribution in [-0.4, -0.2) is 6.10 Å². The monoisotopic (exact) mass is 228 g/mol. The molecule has 0 saturated carbocycles. The van der Waals surface area contributed by atoms with Crippen LogP contribution in [0.3, 0.4) is 0 Å². The molecule has 2 aromatic rings. The lowest BCUT2D eigenvalue weighted by Gasteiger charge is -2.11. The molecule has 2 heteroatoms. The Hall–Kier alpha value is -1.83. The summed E-state index contributed by atoms with van der Waals surface area (Å²) >= 11 is 0. The molecule has 0 amide bonds. The summed E-state index contributed by atoms with van der Waals surface area (Å²) in [5.41, 5.74) is 1.94. The van der Waals surface area contributed by atoms with Crippen molar-refractivity contribution in [3.05, 3.63) is 65.5 Å². The molecule has 0 aliphatic carbocycles. The molecule has 0 spiro atoms. The molecule has 1 unspecified atom stereocenters. The van der Waals surface area contributed by atoms with Crippen molar-refractivity contribution < 1.29 is 9.13 Å². The van der Waals surface area contributed by atoms with Crippen LogP contribution >= 0.6 is 0 Å². The fraction of sp³-hybridized carbons (Fsp3) is 0.200. The van der Waals surface area contributed by atoms with Gasteiger partial charge in [-0.15, -0.1) is 0 Å². The number of hydrogen-bond acceptors (Lipinski definition) is 1. The van der Waals surface area contributed by atoms with E-state index in [2.05, 4.69) is 6.07 Å². The molecule has 0 aromatic heterocycles. The molecule has 86 valence electrons. The fourth-order valence-electron chi connectivity index (χ4n) is 2.28. The zero-order valence-electron chi connectivity index (χ0n) is 9.40. The van der Waals surface area contributed by atoms with Crippen LogP contribution in [0.1, 0.15) is 11.1 Å². The molecule has 0 saturated heterocycles. The summed E-state index contributed by atoms with van der Waals surface area (Å²) in [5, 5.41) is 0. The van der Waals surface area contributed by atoms with Crippen LogP contribution in [0.2, 0.25) is 0 Å². The van der Waals surface area contributed by atoms with E-state index in [0.717, 1.165) is 17.7 Å². The number of benzene rings is 2. The van der Waals surface area contributed by atoms with Crippen molar-refractivity contribution >= 4 is 0 Å². The van der Waals surface area contributed by atoms with Crippen molar-refractivity contribution in [1.29, 1.82) is 0 Å². The van der Waals surface area contributed by atoms with Gasteiger partial charge in [-0.3, -0.25) is 0 Å². The number of para-hydroxylation sites is 1. The standard InChI is InChI=1S/C15H13FO/c16-14-7-3-1-5-11(14)9-13-10-12-6-2-4-8-15(12)17-13/h1-8,13H,9-10H2. The second-order valence-electron chi connectivity index (χ2n) is 4.35. The first-order valence-electron chi connectivity index (χ1n) is 5.81. The maximum Gasteiger partial charge on any atom is 0.126 e. The lowest BCUT2D eigenvalue weighted by atomic mass is 10.0. The second kappa shape index (κ2) is 4.21. The zero-order valence-corrected chi connectivity index (χ0v) is 9.40. The predicted octanol–water partition coefficient (Wildman–Crippen LogP) is 3.37. The molecule has 3 rings (SSSR count). The minimum Gasteiger partial charge on any atom is -0.489 e. The Morgan fingerprint density at radius 2 is 1.82 bits per heavy atom. The van der Waals surface area contributed by atoms with E-state index in [4.69, 9.17) is 4.74 Å². The van der Waals surface area contributed by atoms with E-state index in [1.807, 2.05) is 30.3 Å². The third-order valence-electron chi connectivity index (χ3n) is 3.12. The highest BCUT2D eigenvalue weighted by Gasteiger charge is 2.23. The Bertz CT molecular complexity index is 511. The van der Waals surface area contributed by atoms with Crippen LogP contribution in [0, 0.1) is 5.82 Å². The minimum absolute atomic E-state index is 0.0595. The molecule has 1 aliphatic heterocycles. The highest BCUT2D eigenvalue weighted by Crippen LogP contribution is 2.29. The first kappa shape index (κ1) is 10.3. The van der Waals surface area contributed by atoms with Gasteiger partial charge in [-0.1, -0.05) is 36.4 Å². The Labute approximate surface area is 99.9 Å². The third-order valence-corrected chi connectivity index (χ3v) is 3.12. The molecular formula is C15H13FO. The van der Waals surface area contributed by atoms with Crippen molar-refractivity contribution in [2.24, 2.45) is 0 Å². The molecule has 1 atom stereocenters. The van der Waals surface area contributed by atoms with Gasteiger partial charge in [-0.25, -0.2) is 4.39 Å². The topological polar surface area (TPSA) is 9.23 Å². The third kappa shape index (κ3) is 2.03. The van der Waals surface area contributed by atoms with Gasteiger partial charge in [0.1, 0.15) is 17.7 Å². The number of hydrogen-bond donors (Lipinski definition) is 0. The van der Waals surface area contributed by atoms with Gasteiger partial charge >= 0.3 is 0 Å². The molecule has 0 fully saturated rings. The number of halogens is 1. The summed E-state index contributed by atoms with van der Waals surface area (Å²) in [5.74, 6) is 0.792. The Morgan fingerprint density at radius 3 is 2.65 bits per heavy atom. The largest absolute Gasteiger partial charge is 0.489 e. The maximum absolute atomic E-state index is 13.5. The molecule has 0 N–H and O–H groups in total. The SMILES string of the molecule is Fc1ccccc1CC1Cc2ccccc2O1. The van der Waals surface area contributed by atoms with Crippen LogP contribution in [0.15, 0.2) is 48.5 Å². The van der Waals surface area contributed by atoms with Gasteiger partial charge in [0, 0.05) is 12.8 Å². The van der Waals surface area contributed by atoms with Crippen LogP contribution in [-0.2, 0) is 12.8 Å². The normalized spacial score (nSPS) is 17.6. The molecular weight excluding hydrogens is 215 g/mol. The highest BCUT2D eigenvalue weighted by atomic mass is 19.1. The Balaban J connectivity index is 1.76. The summed E-state index contributed by atoms with van der Waals surface area (Å²) in [4.78, 5) is 0. The summed E-state index contributed by atoms with van der Waals surface area (Å²) < 4.78 is 19.3. The van der Waals surface area contributed by atoms with Gasteiger partial charge in [0.05, 0.1) is 0 Å². The van der Waals surface area contributed by atoms with Crippen LogP contribution in [0.25, 0.3) is 0 Å². The van der Waals surface area contributed by atoms with E-state index in [0.29, 0.717) is 6.42 Å². The van der Waals surface area contributed by atoms with Gasteiger partial charge in [0.25, 0.3) is 0 Å². The van der Waals surface area contributed by atoms with E-state index in [1.54, 1.807) is 6.07 Å². The first-order chi connectivity index (χ1) is 8.33. The van der Waals surface area contributed by atoms with Gasteiger partial charge in [0.15, 0.2) is 0 Å². The summed E-state index contributed by atoms with van der Waals surface area (Å²) in [7, 11) is 0. The minimum atomic E-state index is -0.146. The van der Waals surface area contributed by atoms with E-state index in [9.17, 15) is 4.39 Å². The second-order valence-corrected chi connectivity index (χ2v) is 4.35. The van der Waals surface area contributed by atoms with E-state index >= 15 is 0 Å². The van der Waals surface area contributed by atoms with Gasteiger partial charge < -0.3 is 4.74 Å². The molecule has 1 nitrogen and oxygen atoms in total. The number of ether oxygens (including phenoxy) is 1. The molecule has 17 heavy (non-hydrogen) atoms. The molecule has 2 aromatic carbocycles. The van der Waals surface area contributed by atoms with E-state index in [-0.39, 0.29) is 11.9 Å². The lowest BCUT2D eigenvalue weighted by Crippen LogP contribution is -2.16. The fourth-order valence-corrected chi connectivity index (χ4v) is 2.28. The molecule has 1 aliphatic rings. The van der Waals surface area contributed by atoms with Crippen molar-refractivity contribution in [2.45, 2.75) is 18.9 Å². The van der Waals surface area contributed by atoms with Crippen molar-refractivity contribution in [1.82, 2.24) is 0 Å². The number of fused-ring (bicyclic) bond motifs is 1. The molecule has 0 bridgehead atoms. The molecule has 0 radical (unpaired) electrons. The van der Waals surface area contributed by atoms with Gasteiger partial charge in [0.2, 0.25) is 0 Å². The van der Waals surface area contributed by atoms with Crippen LogP contribution in [0.4, 0.5) is 4.39 Å². The quantitative estimate of drug-likeness (QED) is 0.765. The summed E-state index contributed by atoms with van der Waals surface area (Å²) in [6.07, 6.45) is 1.55. The van der Waals surface area contributed by atoms with E-state index < -0.39 is 0 Å². The maximum atomic E-state index is 13.5. The smallest absolute Gasteiger partial charge is 0.126 e. The molecule has 1 heterocycles. The van der Waals surface area contributed by atoms with E-state index in [1.165, 1.54) is 11.6 Å². The van der Waals surface area contributed by atoms with Crippen LogP contribution < -0.4 is 4.74 Å². The number of rotatable bonds is 2. The summed E-state index contributed by atoms with van der Waals surface area (Å²) in [6.45, 7) is 0. The van der Waals surface area contributed by atoms with Crippen LogP contribution in [0.5, 0.6) is 5.75 Å². The highest BCUT2D eigenvalue weighted by molar-refractivity contribution is 5.37. The van der Waals surface area contributed by atoms with Gasteiger partial charge in [-0.05, 0) is 23.3 Å². The Kier molecular flexibility index (Phi) is 2.56. The first-order valence-corrected chi connectivity index (χ1v) is 5.81.